The number of benzene rings is 1. The molecule has 6 nitrogen and oxygen atoms in total. The molecule has 1 amide bonds. The molecular weight excluding hydrogens is 304 g/mol. The van der Waals surface area contributed by atoms with Crippen molar-refractivity contribution in [3.05, 3.63) is 36.2 Å². The van der Waals surface area contributed by atoms with Gasteiger partial charge in [0.25, 0.3) is 0 Å². The molecule has 1 saturated carbocycles. The highest BCUT2D eigenvalue weighted by Gasteiger charge is 2.34. The molecule has 0 spiro atoms. The number of nitrogens with zero attached hydrogens (tertiary/aromatic N) is 4. The average Bonchev–Trinajstić information content (AvgIpc) is 3.38. The number of hydrogen-bond acceptors (Lipinski definition) is 5. The molecule has 1 aromatic heterocycles. The Hall–Kier alpha value is -2.21. The van der Waals surface area contributed by atoms with E-state index in [0.717, 1.165) is 57.5 Å². The van der Waals surface area contributed by atoms with Crippen molar-refractivity contribution in [2.75, 3.05) is 32.7 Å². The number of hydrogen-bond donors (Lipinski definition) is 0. The first-order chi connectivity index (χ1) is 11.8. The van der Waals surface area contributed by atoms with Gasteiger partial charge in [0.15, 0.2) is 0 Å². The molecule has 1 aliphatic carbocycles. The average molecular weight is 326 g/mol. The van der Waals surface area contributed by atoms with E-state index in [4.69, 9.17) is 4.42 Å². The lowest BCUT2D eigenvalue weighted by Crippen LogP contribution is -2.49. The van der Waals surface area contributed by atoms with Gasteiger partial charge in [-0.15, -0.1) is 10.2 Å². The standard InChI is InChI=1S/C18H22N4O2/c23-18(15-6-7-15)22-12-10-21(11-13-22)9-8-16-19-20-17(24-16)14-4-2-1-3-5-14/h1-5,15H,6-13H2. The van der Waals surface area contributed by atoms with Crippen molar-refractivity contribution in [2.45, 2.75) is 19.3 Å². The van der Waals surface area contributed by atoms with Gasteiger partial charge in [-0.05, 0) is 25.0 Å². The molecule has 126 valence electrons. The maximum atomic E-state index is 12.1. The number of rotatable bonds is 5. The summed E-state index contributed by atoms with van der Waals surface area (Å²) in [6.07, 6.45) is 2.91. The minimum Gasteiger partial charge on any atom is -0.421 e. The second-order valence-electron chi connectivity index (χ2n) is 6.56. The minimum atomic E-state index is 0.325. The van der Waals surface area contributed by atoms with E-state index in [1.165, 1.54) is 0 Å². The zero-order valence-corrected chi connectivity index (χ0v) is 13.7. The van der Waals surface area contributed by atoms with Gasteiger partial charge in [-0.3, -0.25) is 9.69 Å². The fraction of sp³-hybridized carbons (Fsp3) is 0.500. The third-order valence-electron chi connectivity index (χ3n) is 4.74. The van der Waals surface area contributed by atoms with Gasteiger partial charge in [0.05, 0.1) is 0 Å². The van der Waals surface area contributed by atoms with E-state index >= 15 is 0 Å². The van der Waals surface area contributed by atoms with E-state index in [2.05, 4.69) is 15.1 Å². The van der Waals surface area contributed by atoms with Gasteiger partial charge in [-0.1, -0.05) is 18.2 Å². The molecule has 1 saturated heterocycles. The van der Waals surface area contributed by atoms with Crippen LogP contribution in [0, 0.1) is 5.92 Å². The zero-order valence-electron chi connectivity index (χ0n) is 13.7. The molecule has 0 bridgehead atoms. The van der Waals surface area contributed by atoms with Gasteiger partial charge in [0.2, 0.25) is 17.7 Å². The third kappa shape index (κ3) is 3.48. The normalized spacial score (nSPS) is 18.8. The van der Waals surface area contributed by atoms with Gasteiger partial charge in [0, 0.05) is 50.6 Å². The first kappa shape index (κ1) is 15.3. The maximum Gasteiger partial charge on any atom is 0.247 e. The SMILES string of the molecule is O=C(C1CC1)N1CCN(CCc2nnc(-c3ccccc3)o2)CC1. The van der Waals surface area contributed by atoms with Gasteiger partial charge in [0.1, 0.15) is 0 Å². The zero-order chi connectivity index (χ0) is 16.4. The summed E-state index contributed by atoms with van der Waals surface area (Å²) in [5, 5.41) is 8.27. The summed E-state index contributed by atoms with van der Waals surface area (Å²) < 4.78 is 5.75. The second-order valence-corrected chi connectivity index (χ2v) is 6.56. The summed E-state index contributed by atoms with van der Waals surface area (Å²) in [7, 11) is 0. The predicted molar refractivity (Wildman–Crippen MR) is 89.2 cm³/mol. The van der Waals surface area contributed by atoms with E-state index in [-0.39, 0.29) is 0 Å². The summed E-state index contributed by atoms with van der Waals surface area (Å²) in [6, 6.07) is 9.82. The highest BCUT2D eigenvalue weighted by molar-refractivity contribution is 5.81. The first-order valence-electron chi connectivity index (χ1n) is 8.68. The highest BCUT2D eigenvalue weighted by Crippen LogP contribution is 2.31. The smallest absolute Gasteiger partial charge is 0.247 e. The molecule has 6 heteroatoms. The van der Waals surface area contributed by atoms with E-state index in [1.54, 1.807) is 0 Å². The molecule has 2 fully saturated rings. The number of carbonyl (C=O) groups is 1. The lowest BCUT2D eigenvalue weighted by Gasteiger charge is -2.34. The monoisotopic (exact) mass is 326 g/mol. The Labute approximate surface area is 141 Å². The van der Waals surface area contributed by atoms with Crippen LogP contribution in [-0.2, 0) is 11.2 Å². The summed E-state index contributed by atoms with van der Waals surface area (Å²) in [5.74, 6) is 1.93. The summed E-state index contributed by atoms with van der Waals surface area (Å²) in [4.78, 5) is 16.4. The number of aromatic nitrogens is 2. The van der Waals surface area contributed by atoms with Gasteiger partial charge in [-0.25, -0.2) is 0 Å². The minimum absolute atomic E-state index is 0.325. The third-order valence-corrected chi connectivity index (χ3v) is 4.74. The van der Waals surface area contributed by atoms with Gasteiger partial charge in [-0.2, -0.15) is 0 Å². The predicted octanol–water partition coefficient (Wildman–Crippen LogP) is 1.83. The van der Waals surface area contributed by atoms with Crippen LogP contribution in [0.1, 0.15) is 18.7 Å². The molecule has 1 aliphatic heterocycles. The fourth-order valence-corrected chi connectivity index (χ4v) is 3.09. The van der Waals surface area contributed by atoms with Crippen molar-refractivity contribution >= 4 is 5.91 Å². The van der Waals surface area contributed by atoms with Crippen LogP contribution >= 0.6 is 0 Å². The van der Waals surface area contributed by atoms with Crippen LogP contribution in [0.4, 0.5) is 0 Å². The van der Waals surface area contributed by atoms with Crippen LogP contribution in [0.3, 0.4) is 0 Å². The van der Waals surface area contributed by atoms with Gasteiger partial charge >= 0.3 is 0 Å². The molecule has 2 aromatic rings. The van der Waals surface area contributed by atoms with Crippen LogP contribution in [0.25, 0.3) is 11.5 Å². The van der Waals surface area contributed by atoms with E-state index in [0.29, 0.717) is 23.6 Å². The number of carbonyl (C=O) groups excluding carboxylic acids is 1. The molecule has 2 heterocycles. The molecule has 0 unspecified atom stereocenters. The van der Waals surface area contributed by atoms with Crippen molar-refractivity contribution in [3.63, 3.8) is 0 Å². The largest absolute Gasteiger partial charge is 0.421 e. The Morgan fingerprint density at radius 3 is 2.54 bits per heavy atom. The Morgan fingerprint density at radius 1 is 1.08 bits per heavy atom. The van der Waals surface area contributed by atoms with Crippen molar-refractivity contribution < 1.29 is 9.21 Å². The summed E-state index contributed by atoms with van der Waals surface area (Å²) in [6.45, 7) is 4.43. The molecule has 0 atom stereocenters. The summed E-state index contributed by atoms with van der Waals surface area (Å²) in [5.41, 5.74) is 0.948. The quantitative estimate of drug-likeness (QED) is 0.839. The van der Waals surface area contributed by atoms with Crippen molar-refractivity contribution in [2.24, 2.45) is 5.92 Å². The van der Waals surface area contributed by atoms with E-state index in [9.17, 15) is 4.79 Å². The van der Waals surface area contributed by atoms with Crippen LogP contribution in [0.2, 0.25) is 0 Å². The van der Waals surface area contributed by atoms with Crippen LogP contribution in [-0.4, -0.2) is 58.6 Å². The van der Waals surface area contributed by atoms with Crippen LogP contribution < -0.4 is 0 Å². The van der Waals surface area contributed by atoms with Crippen molar-refractivity contribution in [1.82, 2.24) is 20.0 Å². The molecule has 4 rings (SSSR count). The second kappa shape index (κ2) is 6.73. The molecule has 1 aromatic carbocycles. The molecular formula is C18H22N4O2. The molecule has 0 radical (unpaired) electrons. The van der Waals surface area contributed by atoms with E-state index < -0.39 is 0 Å². The Morgan fingerprint density at radius 2 is 1.83 bits per heavy atom. The van der Waals surface area contributed by atoms with Crippen LogP contribution in [0.15, 0.2) is 34.7 Å². The fourth-order valence-electron chi connectivity index (χ4n) is 3.09. The molecule has 2 aliphatic rings. The number of amides is 1. The van der Waals surface area contributed by atoms with Crippen LogP contribution in [0.5, 0.6) is 0 Å². The Bertz CT molecular complexity index is 688. The van der Waals surface area contributed by atoms with Crippen molar-refractivity contribution in [1.29, 1.82) is 0 Å². The topological polar surface area (TPSA) is 62.5 Å². The Balaban J connectivity index is 1.26. The number of piperazine rings is 1. The molecule has 24 heavy (non-hydrogen) atoms. The maximum absolute atomic E-state index is 12.1. The highest BCUT2D eigenvalue weighted by atomic mass is 16.4. The summed E-state index contributed by atoms with van der Waals surface area (Å²) >= 11 is 0. The Kier molecular flexibility index (Phi) is 4.30. The van der Waals surface area contributed by atoms with E-state index in [1.807, 2.05) is 35.2 Å². The van der Waals surface area contributed by atoms with Crippen molar-refractivity contribution in [3.8, 4) is 11.5 Å². The first-order valence-corrected chi connectivity index (χ1v) is 8.68. The van der Waals surface area contributed by atoms with Gasteiger partial charge < -0.3 is 9.32 Å². The lowest BCUT2D eigenvalue weighted by atomic mass is 10.2. The molecule has 0 N–H and O–H groups in total. The lowest BCUT2D eigenvalue weighted by molar-refractivity contribution is -0.134.